The molecule has 0 radical (unpaired) electrons. The van der Waals surface area contributed by atoms with Gasteiger partial charge in [-0.05, 0) is 51.4 Å². The first-order valence-corrected chi connectivity index (χ1v) is 6.64. The molecule has 1 aromatic rings. The van der Waals surface area contributed by atoms with E-state index in [1.165, 1.54) is 12.8 Å². The number of nitrogens with two attached hydrogens (primary N) is 1. The number of hydrogen-bond donors (Lipinski definition) is 1. The molecule has 0 spiro atoms. The van der Waals surface area contributed by atoms with E-state index in [-0.39, 0.29) is 0 Å². The molecule has 1 aliphatic rings. The first-order chi connectivity index (χ1) is 8.50. The molecular formula is C13H19N3OS. The fraction of sp³-hybridized carbons (Fsp3) is 0.538. The standard InChI is InChI=1S/C13H19N3OS/c1-9-7-10(2)16(8-15-5-3-4-6-15)13(18)11(9)12(14)17/h7H,3-6,8H2,1-2H3,(H2,14,17). The van der Waals surface area contributed by atoms with Gasteiger partial charge in [0.15, 0.2) is 0 Å². The van der Waals surface area contributed by atoms with Crippen LogP contribution in [0.5, 0.6) is 0 Å². The van der Waals surface area contributed by atoms with Crippen molar-refractivity contribution >= 4 is 18.1 Å². The van der Waals surface area contributed by atoms with Crippen LogP contribution >= 0.6 is 12.2 Å². The summed E-state index contributed by atoms with van der Waals surface area (Å²) in [6.45, 7) is 6.85. The van der Waals surface area contributed by atoms with Crippen molar-refractivity contribution in [2.24, 2.45) is 5.73 Å². The number of carbonyl (C=O) groups excluding carboxylic acids is 1. The maximum Gasteiger partial charge on any atom is 0.251 e. The largest absolute Gasteiger partial charge is 0.365 e. The van der Waals surface area contributed by atoms with Crippen LogP contribution in [0.25, 0.3) is 0 Å². The number of nitrogens with zero attached hydrogens (tertiary/aromatic N) is 2. The summed E-state index contributed by atoms with van der Waals surface area (Å²) in [6, 6.07) is 1.98. The summed E-state index contributed by atoms with van der Waals surface area (Å²) in [6.07, 6.45) is 2.47. The summed E-state index contributed by atoms with van der Waals surface area (Å²) in [4.78, 5) is 13.8. The van der Waals surface area contributed by atoms with Gasteiger partial charge in [0.1, 0.15) is 4.64 Å². The second kappa shape index (κ2) is 5.20. The monoisotopic (exact) mass is 265 g/mol. The Bertz CT molecular complexity index is 530. The third-order valence-corrected chi connectivity index (χ3v) is 3.92. The van der Waals surface area contributed by atoms with Crippen molar-refractivity contribution in [1.29, 1.82) is 0 Å². The van der Waals surface area contributed by atoms with E-state index in [0.717, 1.165) is 31.0 Å². The van der Waals surface area contributed by atoms with E-state index in [0.29, 0.717) is 10.2 Å². The van der Waals surface area contributed by atoms with Crippen molar-refractivity contribution in [2.45, 2.75) is 33.4 Å². The van der Waals surface area contributed by atoms with Gasteiger partial charge in [-0.2, -0.15) is 0 Å². The summed E-state index contributed by atoms with van der Waals surface area (Å²) < 4.78 is 2.57. The predicted octanol–water partition coefficient (Wildman–Crippen LogP) is 1.99. The number of aromatic nitrogens is 1. The Labute approximate surface area is 112 Å². The number of hydrogen-bond acceptors (Lipinski definition) is 3. The van der Waals surface area contributed by atoms with Gasteiger partial charge in [0, 0.05) is 5.69 Å². The third-order valence-electron chi connectivity index (χ3n) is 3.49. The normalized spacial score (nSPS) is 16.1. The number of pyridine rings is 1. The fourth-order valence-corrected chi connectivity index (χ4v) is 2.99. The highest BCUT2D eigenvalue weighted by Crippen LogP contribution is 2.16. The minimum atomic E-state index is -0.437. The number of primary amides is 1. The van der Waals surface area contributed by atoms with E-state index >= 15 is 0 Å². The van der Waals surface area contributed by atoms with E-state index in [1.54, 1.807) is 0 Å². The van der Waals surface area contributed by atoms with Crippen LogP contribution < -0.4 is 5.73 Å². The zero-order valence-electron chi connectivity index (χ0n) is 10.9. The van der Waals surface area contributed by atoms with E-state index in [4.69, 9.17) is 18.0 Å². The van der Waals surface area contributed by atoms with E-state index in [2.05, 4.69) is 4.90 Å². The molecule has 0 bridgehead atoms. The fourth-order valence-electron chi connectivity index (χ4n) is 2.53. The lowest BCUT2D eigenvalue weighted by molar-refractivity contribution is 0.0998. The third kappa shape index (κ3) is 2.47. The molecule has 1 amide bonds. The topological polar surface area (TPSA) is 51.3 Å². The van der Waals surface area contributed by atoms with Gasteiger partial charge in [-0.1, -0.05) is 12.2 Å². The molecule has 1 fully saturated rings. The van der Waals surface area contributed by atoms with E-state index in [9.17, 15) is 4.79 Å². The Morgan fingerprint density at radius 1 is 1.39 bits per heavy atom. The average molecular weight is 265 g/mol. The van der Waals surface area contributed by atoms with Gasteiger partial charge in [0.05, 0.1) is 12.2 Å². The Morgan fingerprint density at radius 3 is 2.56 bits per heavy atom. The van der Waals surface area contributed by atoms with Crippen molar-refractivity contribution < 1.29 is 4.79 Å². The van der Waals surface area contributed by atoms with Crippen molar-refractivity contribution in [2.75, 3.05) is 13.1 Å². The number of amides is 1. The van der Waals surface area contributed by atoms with Crippen LogP contribution in [-0.2, 0) is 6.67 Å². The van der Waals surface area contributed by atoms with Gasteiger partial charge < -0.3 is 10.3 Å². The molecule has 4 nitrogen and oxygen atoms in total. The molecule has 0 unspecified atom stereocenters. The number of aryl methyl sites for hydroxylation is 2. The Kier molecular flexibility index (Phi) is 3.82. The van der Waals surface area contributed by atoms with Crippen LogP contribution in [0.3, 0.4) is 0 Å². The lowest BCUT2D eigenvalue weighted by Crippen LogP contribution is -2.26. The molecule has 1 aromatic heterocycles. The predicted molar refractivity (Wildman–Crippen MR) is 74.1 cm³/mol. The van der Waals surface area contributed by atoms with Crippen molar-refractivity contribution in [1.82, 2.24) is 9.47 Å². The van der Waals surface area contributed by atoms with Gasteiger partial charge >= 0.3 is 0 Å². The molecule has 1 saturated heterocycles. The minimum absolute atomic E-state index is 0.437. The number of likely N-dealkylation sites (tertiary alicyclic amines) is 1. The maximum atomic E-state index is 11.5. The molecule has 2 N–H and O–H groups in total. The Morgan fingerprint density at radius 2 is 2.00 bits per heavy atom. The summed E-state index contributed by atoms with van der Waals surface area (Å²) in [5.41, 5.74) is 7.83. The van der Waals surface area contributed by atoms with Crippen LogP contribution in [0.15, 0.2) is 6.07 Å². The van der Waals surface area contributed by atoms with Gasteiger partial charge in [-0.15, -0.1) is 0 Å². The summed E-state index contributed by atoms with van der Waals surface area (Å²) in [7, 11) is 0. The molecule has 2 rings (SSSR count). The van der Waals surface area contributed by atoms with Gasteiger partial charge in [0.25, 0.3) is 5.91 Å². The van der Waals surface area contributed by atoms with Crippen molar-refractivity contribution in [3.63, 3.8) is 0 Å². The van der Waals surface area contributed by atoms with Gasteiger partial charge in [-0.25, -0.2) is 0 Å². The molecule has 5 heteroatoms. The van der Waals surface area contributed by atoms with E-state index in [1.807, 2.05) is 24.5 Å². The Hall–Kier alpha value is -1.20. The molecule has 0 aromatic carbocycles. The van der Waals surface area contributed by atoms with Gasteiger partial charge in [-0.3, -0.25) is 9.69 Å². The molecular weight excluding hydrogens is 246 g/mol. The van der Waals surface area contributed by atoms with Crippen molar-refractivity contribution in [3.8, 4) is 0 Å². The second-order valence-electron chi connectivity index (χ2n) is 4.91. The molecule has 98 valence electrons. The first kappa shape index (κ1) is 13.2. The zero-order chi connectivity index (χ0) is 13.3. The Balaban J connectivity index is 2.43. The molecule has 0 aliphatic carbocycles. The van der Waals surface area contributed by atoms with Crippen LogP contribution in [0.1, 0.15) is 34.5 Å². The highest BCUT2D eigenvalue weighted by Gasteiger charge is 2.16. The minimum Gasteiger partial charge on any atom is -0.365 e. The molecule has 0 atom stereocenters. The smallest absolute Gasteiger partial charge is 0.251 e. The van der Waals surface area contributed by atoms with Gasteiger partial charge in [0.2, 0.25) is 0 Å². The first-order valence-electron chi connectivity index (χ1n) is 6.24. The molecule has 1 aliphatic heterocycles. The second-order valence-corrected chi connectivity index (χ2v) is 5.29. The molecule has 2 heterocycles. The summed E-state index contributed by atoms with van der Waals surface area (Å²) >= 11 is 5.41. The molecule has 18 heavy (non-hydrogen) atoms. The lowest BCUT2D eigenvalue weighted by Gasteiger charge is -2.21. The zero-order valence-corrected chi connectivity index (χ0v) is 11.7. The highest BCUT2D eigenvalue weighted by atomic mass is 32.1. The maximum absolute atomic E-state index is 11.5. The SMILES string of the molecule is Cc1cc(C)n(CN2CCCC2)c(=S)c1C(N)=O. The van der Waals surface area contributed by atoms with E-state index < -0.39 is 5.91 Å². The highest BCUT2D eigenvalue weighted by molar-refractivity contribution is 7.71. The molecule has 0 saturated carbocycles. The number of rotatable bonds is 3. The van der Waals surface area contributed by atoms with Crippen LogP contribution in [0.4, 0.5) is 0 Å². The van der Waals surface area contributed by atoms with Crippen LogP contribution in [-0.4, -0.2) is 28.5 Å². The average Bonchev–Trinajstić information content (AvgIpc) is 2.75. The van der Waals surface area contributed by atoms with Crippen LogP contribution in [0.2, 0.25) is 0 Å². The quantitative estimate of drug-likeness (QED) is 0.850. The summed E-state index contributed by atoms with van der Waals surface area (Å²) in [5.74, 6) is -0.437. The lowest BCUT2D eigenvalue weighted by atomic mass is 10.1. The summed E-state index contributed by atoms with van der Waals surface area (Å²) in [5, 5.41) is 0. The van der Waals surface area contributed by atoms with Crippen LogP contribution in [0, 0.1) is 18.5 Å². The number of carbonyl (C=O) groups is 1. The van der Waals surface area contributed by atoms with Crippen molar-refractivity contribution in [3.05, 3.63) is 27.5 Å².